The third kappa shape index (κ3) is 5.18. The highest BCUT2D eigenvalue weighted by molar-refractivity contribution is 6.04. The predicted octanol–water partition coefficient (Wildman–Crippen LogP) is 3.88. The first-order chi connectivity index (χ1) is 15.2. The highest BCUT2D eigenvalue weighted by Crippen LogP contribution is 2.32. The molecule has 32 heavy (non-hydrogen) atoms. The van der Waals surface area contributed by atoms with E-state index in [0.717, 1.165) is 57.0 Å². The van der Waals surface area contributed by atoms with Crippen molar-refractivity contribution in [2.24, 2.45) is 10.9 Å². The van der Waals surface area contributed by atoms with Gasteiger partial charge in [-0.15, -0.1) is 0 Å². The summed E-state index contributed by atoms with van der Waals surface area (Å²) >= 11 is 0. The summed E-state index contributed by atoms with van der Waals surface area (Å²) in [4.78, 5) is 23.0. The van der Waals surface area contributed by atoms with Crippen molar-refractivity contribution in [1.29, 1.82) is 0 Å². The predicted molar refractivity (Wildman–Crippen MR) is 132 cm³/mol. The molecule has 0 unspecified atom stereocenters. The van der Waals surface area contributed by atoms with Crippen molar-refractivity contribution >= 4 is 17.4 Å². The van der Waals surface area contributed by atoms with Gasteiger partial charge in [0.1, 0.15) is 5.84 Å². The van der Waals surface area contributed by atoms with E-state index in [1.807, 2.05) is 0 Å². The zero-order chi connectivity index (χ0) is 22.9. The van der Waals surface area contributed by atoms with Crippen LogP contribution in [0.2, 0.25) is 0 Å². The van der Waals surface area contributed by atoms with Crippen LogP contribution in [0.1, 0.15) is 65.9 Å². The Kier molecular flexibility index (Phi) is 6.64. The van der Waals surface area contributed by atoms with Crippen molar-refractivity contribution in [3.8, 4) is 0 Å². The van der Waals surface area contributed by atoms with Crippen molar-refractivity contribution in [3.05, 3.63) is 29.8 Å². The molecule has 3 aliphatic heterocycles. The van der Waals surface area contributed by atoms with Crippen LogP contribution in [0.3, 0.4) is 0 Å². The van der Waals surface area contributed by atoms with E-state index in [0.29, 0.717) is 30.8 Å². The Labute approximate surface area is 193 Å². The summed E-state index contributed by atoms with van der Waals surface area (Å²) in [6.07, 6.45) is 3.84. The van der Waals surface area contributed by atoms with E-state index in [-0.39, 0.29) is 11.1 Å². The Morgan fingerprint density at radius 2 is 1.91 bits per heavy atom. The van der Waals surface area contributed by atoms with Crippen LogP contribution in [-0.2, 0) is 11.3 Å². The third-order valence-corrected chi connectivity index (χ3v) is 7.25. The number of aliphatic imine (C=N–C) groups is 1. The van der Waals surface area contributed by atoms with Crippen molar-refractivity contribution in [3.63, 3.8) is 0 Å². The SMILES string of the molecule is CC(C)N1CCC(CC(=O)N2CC[C@@]3(C2)NCc2ccccc2NC3=NC(C)(C)C)CC1. The average molecular weight is 440 g/mol. The number of amidine groups is 1. The second-order valence-electron chi connectivity index (χ2n) is 11.2. The van der Waals surface area contributed by atoms with Gasteiger partial charge in [0.15, 0.2) is 0 Å². The first-order valence-electron chi connectivity index (χ1n) is 12.4. The lowest BCUT2D eigenvalue weighted by atomic mass is 9.92. The summed E-state index contributed by atoms with van der Waals surface area (Å²) in [6.45, 7) is 15.4. The van der Waals surface area contributed by atoms with E-state index in [2.05, 4.69) is 79.3 Å². The topological polar surface area (TPSA) is 60.0 Å². The van der Waals surface area contributed by atoms with Gasteiger partial charge < -0.3 is 15.1 Å². The van der Waals surface area contributed by atoms with E-state index in [9.17, 15) is 4.79 Å². The minimum absolute atomic E-state index is 0.196. The maximum Gasteiger partial charge on any atom is 0.222 e. The molecule has 0 aliphatic carbocycles. The van der Waals surface area contributed by atoms with Gasteiger partial charge in [-0.3, -0.25) is 15.1 Å². The number of para-hydroxylation sites is 1. The van der Waals surface area contributed by atoms with Crippen molar-refractivity contribution in [1.82, 2.24) is 15.1 Å². The van der Waals surface area contributed by atoms with E-state index < -0.39 is 0 Å². The largest absolute Gasteiger partial charge is 0.342 e. The number of carbonyl (C=O) groups excluding carboxylic acids is 1. The van der Waals surface area contributed by atoms with Gasteiger partial charge in [0, 0.05) is 37.8 Å². The molecule has 2 fully saturated rings. The summed E-state index contributed by atoms with van der Waals surface area (Å²) in [5.74, 6) is 1.79. The molecule has 0 radical (unpaired) electrons. The molecule has 1 atom stereocenters. The number of amides is 1. The summed E-state index contributed by atoms with van der Waals surface area (Å²) in [7, 11) is 0. The maximum atomic E-state index is 13.3. The smallest absolute Gasteiger partial charge is 0.222 e. The monoisotopic (exact) mass is 439 g/mol. The number of nitrogens with zero attached hydrogens (tertiary/aromatic N) is 3. The van der Waals surface area contributed by atoms with Crippen molar-refractivity contribution in [2.75, 3.05) is 31.5 Å². The van der Waals surface area contributed by atoms with Crippen LogP contribution in [-0.4, -0.2) is 64.8 Å². The molecule has 0 bridgehead atoms. The molecule has 1 aromatic carbocycles. The van der Waals surface area contributed by atoms with E-state index in [1.54, 1.807) is 0 Å². The Morgan fingerprint density at radius 3 is 2.59 bits per heavy atom. The molecule has 1 spiro atoms. The fourth-order valence-corrected chi connectivity index (χ4v) is 5.27. The van der Waals surface area contributed by atoms with Crippen LogP contribution in [0.25, 0.3) is 0 Å². The summed E-state index contributed by atoms with van der Waals surface area (Å²) < 4.78 is 0. The lowest BCUT2D eigenvalue weighted by molar-refractivity contribution is -0.131. The van der Waals surface area contributed by atoms with E-state index in [1.165, 1.54) is 5.56 Å². The van der Waals surface area contributed by atoms with Crippen LogP contribution in [0.15, 0.2) is 29.3 Å². The average Bonchev–Trinajstić information content (AvgIpc) is 3.12. The molecule has 3 aliphatic rings. The normalized spacial score (nSPS) is 26.4. The lowest BCUT2D eigenvalue weighted by Crippen LogP contribution is -2.56. The van der Waals surface area contributed by atoms with Gasteiger partial charge in [-0.1, -0.05) is 18.2 Å². The molecule has 4 rings (SSSR count). The van der Waals surface area contributed by atoms with Gasteiger partial charge in [-0.2, -0.15) is 0 Å². The second-order valence-corrected chi connectivity index (χ2v) is 11.2. The Bertz CT molecular complexity index is 850. The number of nitrogens with one attached hydrogen (secondary N) is 2. The number of benzene rings is 1. The number of hydrogen-bond donors (Lipinski definition) is 2. The first kappa shape index (κ1) is 23.2. The van der Waals surface area contributed by atoms with Crippen LogP contribution >= 0.6 is 0 Å². The van der Waals surface area contributed by atoms with E-state index in [4.69, 9.17) is 4.99 Å². The minimum atomic E-state index is -0.317. The van der Waals surface area contributed by atoms with Crippen LogP contribution in [0, 0.1) is 5.92 Å². The second kappa shape index (κ2) is 9.14. The number of fused-ring (bicyclic) bond motifs is 1. The maximum absolute atomic E-state index is 13.3. The Balaban J connectivity index is 1.46. The highest BCUT2D eigenvalue weighted by Gasteiger charge is 2.46. The van der Waals surface area contributed by atoms with E-state index >= 15 is 0 Å². The molecule has 1 amide bonds. The number of anilines is 1. The number of carbonyl (C=O) groups is 1. The Hall–Kier alpha value is -1.92. The van der Waals surface area contributed by atoms with Crippen LogP contribution in [0.5, 0.6) is 0 Å². The third-order valence-electron chi connectivity index (χ3n) is 7.25. The molecule has 2 N–H and O–H groups in total. The van der Waals surface area contributed by atoms with Crippen LogP contribution < -0.4 is 10.6 Å². The summed E-state index contributed by atoms with van der Waals surface area (Å²) in [5, 5.41) is 7.45. The van der Waals surface area contributed by atoms with Gasteiger partial charge in [0.25, 0.3) is 0 Å². The molecule has 6 heteroatoms. The zero-order valence-corrected chi connectivity index (χ0v) is 20.6. The molecule has 1 aromatic rings. The quantitative estimate of drug-likeness (QED) is 0.750. The van der Waals surface area contributed by atoms with Crippen molar-refractivity contribution < 1.29 is 4.79 Å². The van der Waals surface area contributed by atoms with Crippen molar-refractivity contribution in [2.45, 2.75) is 84.0 Å². The number of piperidine rings is 1. The molecule has 0 saturated carbocycles. The molecule has 176 valence electrons. The first-order valence-corrected chi connectivity index (χ1v) is 12.4. The van der Waals surface area contributed by atoms with Crippen LogP contribution in [0.4, 0.5) is 5.69 Å². The fourth-order valence-electron chi connectivity index (χ4n) is 5.27. The standard InChI is InChI=1S/C26H41N5O/c1-19(2)30-13-10-20(11-14-30)16-23(32)31-15-12-26(18-31)24(29-25(3,4)5)28-22-9-7-6-8-21(22)17-27-26/h6-9,19-20,27H,10-18H2,1-5H3,(H,28,29)/t26-/m0/s1. The van der Waals surface area contributed by atoms with Gasteiger partial charge in [-0.05, 0) is 84.5 Å². The van der Waals surface area contributed by atoms with Gasteiger partial charge in [0.05, 0.1) is 11.1 Å². The molecule has 6 nitrogen and oxygen atoms in total. The number of hydrogen-bond acceptors (Lipinski definition) is 4. The molecular weight excluding hydrogens is 398 g/mol. The number of rotatable bonds is 3. The van der Waals surface area contributed by atoms with Gasteiger partial charge in [-0.25, -0.2) is 0 Å². The van der Waals surface area contributed by atoms with Gasteiger partial charge >= 0.3 is 0 Å². The summed E-state index contributed by atoms with van der Waals surface area (Å²) in [6, 6.07) is 9.02. The highest BCUT2D eigenvalue weighted by atomic mass is 16.2. The molecular formula is C26H41N5O. The zero-order valence-electron chi connectivity index (χ0n) is 20.6. The van der Waals surface area contributed by atoms with Gasteiger partial charge in [0.2, 0.25) is 5.91 Å². The molecule has 0 aromatic heterocycles. The lowest BCUT2D eigenvalue weighted by Gasteiger charge is -2.35. The minimum Gasteiger partial charge on any atom is -0.342 e. The Morgan fingerprint density at radius 1 is 1.19 bits per heavy atom. The number of likely N-dealkylation sites (tertiary alicyclic amines) is 2. The fraction of sp³-hybridized carbons (Fsp3) is 0.692. The summed E-state index contributed by atoms with van der Waals surface area (Å²) in [5.41, 5.74) is 1.84. The molecule has 3 heterocycles. The molecule has 2 saturated heterocycles.